The number of benzene rings is 1. The molecule has 0 amide bonds. The SMILES string of the molecule is Cc1ccc2c(CCNC(O)OC(C)(C)C)c[nH]c2c1. The fourth-order valence-corrected chi connectivity index (χ4v) is 2.21. The van der Waals surface area contributed by atoms with Crippen molar-refractivity contribution in [1.29, 1.82) is 0 Å². The first kappa shape index (κ1) is 15.0. The van der Waals surface area contributed by atoms with Crippen molar-refractivity contribution in [2.24, 2.45) is 0 Å². The Kier molecular flexibility index (Phi) is 4.48. The topological polar surface area (TPSA) is 57.3 Å². The minimum Gasteiger partial charge on any atom is -0.361 e. The van der Waals surface area contributed by atoms with Gasteiger partial charge in [-0.3, -0.25) is 5.32 Å². The van der Waals surface area contributed by atoms with E-state index in [9.17, 15) is 5.11 Å². The van der Waals surface area contributed by atoms with Gasteiger partial charge < -0.3 is 14.8 Å². The summed E-state index contributed by atoms with van der Waals surface area (Å²) in [6.07, 6.45) is 1.94. The van der Waals surface area contributed by atoms with Crippen molar-refractivity contribution in [2.45, 2.75) is 46.1 Å². The number of aryl methyl sites for hydroxylation is 1. The Balaban J connectivity index is 1.90. The van der Waals surface area contributed by atoms with Gasteiger partial charge in [0.2, 0.25) is 6.41 Å². The van der Waals surface area contributed by atoms with Gasteiger partial charge in [0.05, 0.1) is 5.60 Å². The normalized spacial score (nSPS) is 13.8. The van der Waals surface area contributed by atoms with Crippen LogP contribution >= 0.6 is 0 Å². The highest BCUT2D eigenvalue weighted by molar-refractivity contribution is 5.83. The van der Waals surface area contributed by atoms with E-state index in [1.54, 1.807) is 0 Å². The number of hydrogen-bond acceptors (Lipinski definition) is 3. The van der Waals surface area contributed by atoms with Crippen LogP contribution in [0.4, 0.5) is 0 Å². The smallest absolute Gasteiger partial charge is 0.214 e. The first-order valence-electron chi connectivity index (χ1n) is 7.01. The van der Waals surface area contributed by atoms with Gasteiger partial charge >= 0.3 is 0 Å². The van der Waals surface area contributed by atoms with Gasteiger partial charge in [-0.05, 0) is 51.3 Å². The molecule has 3 N–H and O–H groups in total. The van der Waals surface area contributed by atoms with Crippen molar-refractivity contribution in [3.8, 4) is 0 Å². The molecular formula is C16H24N2O2. The molecular weight excluding hydrogens is 252 g/mol. The zero-order chi connectivity index (χ0) is 14.8. The number of fused-ring (bicyclic) bond motifs is 1. The quantitative estimate of drug-likeness (QED) is 0.736. The lowest BCUT2D eigenvalue weighted by Gasteiger charge is -2.24. The molecule has 0 aliphatic rings. The highest BCUT2D eigenvalue weighted by Crippen LogP contribution is 2.19. The van der Waals surface area contributed by atoms with Gasteiger partial charge in [-0.15, -0.1) is 0 Å². The Morgan fingerprint density at radius 2 is 2.10 bits per heavy atom. The second-order valence-corrected chi connectivity index (χ2v) is 6.15. The predicted molar refractivity (Wildman–Crippen MR) is 81.6 cm³/mol. The van der Waals surface area contributed by atoms with E-state index in [-0.39, 0.29) is 5.60 Å². The third kappa shape index (κ3) is 4.07. The number of aromatic amines is 1. The van der Waals surface area contributed by atoms with Crippen molar-refractivity contribution >= 4 is 10.9 Å². The summed E-state index contributed by atoms with van der Waals surface area (Å²) in [4.78, 5) is 3.28. The van der Waals surface area contributed by atoms with E-state index < -0.39 is 6.41 Å². The molecule has 20 heavy (non-hydrogen) atoms. The van der Waals surface area contributed by atoms with E-state index in [1.165, 1.54) is 16.5 Å². The van der Waals surface area contributed by atoms with Gasteiger partial charge in [0.25, 0.3) is 0 Å². The Morgan fingerprint density at radius 3 is 2.80 bits per heavy atom. The first-order chi connectivity index (χ1) is 9.35. The van der Waals surface area contributed by atoms with Crippen LogP contribution in [0.1, 0.15) is 31.9 Å². The molecule has 1 heterocycles. The van der Waals surface area contributed by atoms with Crippen molar-refractivity contribution in [1.82, 2.24) is 10.3 Å². The highest BCUT2D eigenvalue weighted by Gasteiger charge is 2.15. The van der Waals surface area contributed by atoms with E-state index in [2.05, 4.69) is 35.4 Å². The maximum Gasteiger partial charge on any atom is 0.214 e. The van der Waals surface area contributed by atoms with Gasteiger partial charge in [0.15, 0.2) is 0 Å². The molecule has 4 heteroatoms. The van der Waals surface area contributed by atoms with Crippen LogP contribution in [0, 0.1) is 6.92 Å². The minimum atomic E-state index is -0.928. The molecule has 2 rings (SSSR count). The Hall–Kier alpha value is -1.36. The molecule has 0 bridgehead atoms. The van der Waals surface area contributed by atoms with Crippen LogP contribution < -0.4 is 5.32 Å². The lowest BCUT2D eigenvalue weighted by Crippen LogP contribution is -2.38. The van der Waals surface area contributed by atoms with Gasteiger partial charge in [0, 0.05) is 23.6 Å². The number of aliphatic hydroxyl groups excluding tert-OH is 1. The largest absolute Gasteiger partial charge is 0.361 e. The zero-order valence-electron chi connectivity index (χ0n) is 12.7. The third-order valence-corrected chi connectivity index (χ3v) is 3.10. The zero-order valence-corrected chi connectivity index (χ0v) is 12.7. The lowest BCUT2D eigenvalue weighted by molar-refractivity contribution is -0.181. The van der Waals surface area contributed by atoms with E-state index in [4.69, 9.17) is 4.74 Å². The molecule has 4 nitrogen and oxygen atoms in total. The fourth-order valence-electron chi connectivity index (χ4n) is 2.21. The number of aliphatic hydroxyl groups is 1. The van der Waals surface area contributed by atoms with Crippen LogP contribution in [0.5, 0.6) is 0 Å². The maximum atomic E-state index is 9.72. The van der Waals surface area contributed by atoms with Crippen LogP contribution in [0.15, 0.2) is 24.4 Å². The predicted octanol–water partition coefficient (Wildman–Crippen LogP) is 2.70. The summed E-state index contributed by atoms with van der Waals surface area (Å²) >= 11 is 0. The van der Waals surface area contributed by atoms with Crippen LogP contribution in [0.3, 0.4) is 0 Å². The van der Waals surface area contributed by atoms with Crippen LogP contribution in [0.25, 0.3) is 10.9 Å². The Labute approximate surface area is 120 Å². The molecule has 2 aromatic rings. The fraction of sp³-hybridized carbons (Fsp3) is 0.500. The first-order valence-corrected chi connectivity index (χ1v) is 7.01. The monoisotopic (exact) mass is 276 g/mol. The second kappa shape index (κ2) is 5.95. The highest BCUT2D eigenvalue weighted by atomic mass is 16.6. The molecule has 1 aromatic carbocycles. The number of ether oxygens (including phenoxy) is 1. The molecule has 0 aliphatic carbocycles. The summed E-state index contributed by atoms with van der Waals surface area (Å²) in [5, 5.41) is 13.9. The van der Waals surface area contributed by atoms with Crippen molar-refractivity contribution in [3.05, 3.63) is 35.5 Å². The van der Waals surface area contributed by atoms with E-state index >= 15 is 0 Å². The van der Waals surface area contributed by atoms with E-state index in [0.29, 0.717) is 6.54 Å². The number of aromatic nitrogens is 1. The summed E-state index contributed by atoms with van der Waals surface area (Å²) in [5.41, 5.74) is 3.30. The summed E-state index contributed by atoms with van der Waals surface area (Å²) in [6.45, 7) is 8.50. The summed E-state index contributed by atoms with van der Waals surface area (Å²) in [5.74, 6) is 0. The molecule has 0 radical (unpaired) electrons. The average molecular weight is 276 g/mol. The molecule has 0 saturated carbocycles. The molecule has 0 spiro atoms. The lowest BCUT2D eigenvalue weighted by atomic mass is 10.1. The molecule has 1 aromatic heterocycles. The number of hydrogen-bond donors (Lipinski definition) is 3. The molecule has 1 unspecified atom stereocenters. The van der Waals surface area contributed by atoms with Gasteiger partial charge in [-0.25, -0.2) is 0 Å². The molecule has 0 saturated heterocycles. The van der Waals surface area contributed by atoms with E-state index in [0.717, 1.165) is 11.9 Å². The van der Waals surface area contributed by atoms with Crippen LogP contribution in [-0.4, -0.2) is 28.7 Å². The summed E-state index contributed by atoms with van der Waals surface area (Å²) < 4.78 is 5.40. The molecule has 0 fully saturated rings. The van der Waals surface area contributed by atoms with Crippen molar-refractivity contribution < 1.29 is 9.84 Å². The van der Waals surface area contributed by atoms with Crippen LogP contribution in [0.2, 0.25) is 0 Å². The summed E-state index contributed by atoms with van der Waals surface area (Å²) in [7, 11) is 0. The Morgan fingerprint density at radius 1 is 1.35 bits per heavy atom. The average Bonchev–Trinajstić information content (AvgIpc) is 2.69. The second-order valence-electron chi connectivity index (χ2n) is 6.15. The van der Waals surface area contributed by atoms with Gasteiger partial charge in [-0.2, -0.15) is 0 Å². The van der Waals surface area contributed by atoms with E-state index in [1.807, 2.05) is 27.0 Å². The molecule has 110 valence electrons. The van der Waals surface area contributed by atoms with Crippen LogP contribution in [-0.2, 0) is 11.2 Å². The third-order valence-electron chi connectivity index (χ3n) is 3.10. The van der Waals surface area contributed by atoms with Crippen molar-refractivity contribution in [2.75, 3.05) is 6.54 Å². The van der Waals surface area contributed by atoms with Gasteiger partial charge in [0.1, 0.15) is 0 Å². The Bertz CT molecular complexity index is 569. The number of H-pyrrole nitrogens is 1. The molecule has 0 aliphatic heterocycles. The maximum absolute atomic E-state index is 9.72. The summed E-state index contributed by atoms with van der Waals surface area (Å²) in [6, 6.07) is 6.40. The standard InChI is InChI=1S/C16H24N2O2/c1-11-5-6-13-12(10-18-14(13)9-11)7-8-17-15(19)20-16(2,3)4/h5-6,9-10,15,17-19H,7-8H2,1-4H3. The number of rotatable bonds is 5. The van der Waals surface area contributed by atoms with Gasteiger partial charge in [-0.1, -0.05) is 12.1 Å². The molecule has 1 atom stereocenters. The number of nitrogens with one attached hydrogen (secondary N) is 2. The minimum absolute atomic E-state index is 0.356. The van der Waals surface area contributed by atoms with Crippen molar-refractivity contribution in [3.63, 3.8) is 0 Å².